The molecule has 0 aromatic carbocycles. The van der Waals surface area contributed by atoms with Gasteiger partial charge >= 0.3 is 0 Å². The first-order chi connectivity index (χ1) is 6.15. The average Bonchev–Trinajstić information content (AvgIpc) is 2.51. The molecule has 0 bridgehead atoms. The number of thiophene rings is 1. The van der Waals surface area contributed by atoms with Gasteiger partial charge in [-0.2, -0.15) is 0 Å². The van der Waals surface area contributed by atoms with Crippen LogP contribution in [0.1, 0.15) is 16.6 Å². The number of rotatable bonds is 3. The molecule has 1 aromatic rings. The van der Waals surface area contributed by atoms with Gasteiger partial charge in [-0.15, -0.1) is 11.3 Å². The zero-order valence-electron chi connectivity index (χ0n) is 7.21. The predicted octanol–water partition coefficient (Wildman–Crippen LogP) is 1.48. The summed E-state index contributed by atoms with van der Waals surface area (Å²) in [7, 11) is 0. The Labute approximate surface area is 85.9 Å². The number of carbonyl (C=O) groups is 1. The van der Waals surface area contributed by atoms with Crippen LogP contribution in [0.15, 0.2) is 11.4 Å². The summed E-state index contributed by atoms with van der Waals surface area (Å²) in [4.78, 5) is 12.0. The van der Waals surface area contributed by atoms with Crippen LogP contribution in [-0.2, 0) is 0 Å². The molecule has 0 aliphatic heterocycles. The number of halogens is 1. The number of hydrogen-bond acceptors (Lipinski definition) is 3. The number of hydrogen-bond donors (Lipinski definition) is 2. The van der Waals surface area contributed by atoms with Gasteiger partial charge in [0.1, 0.15) is 4.88 Å². The molecule has 1 heterocycles. The van der Waals surface area contributed by atoms with E-state index in [-0.39, 0.29) is 11.9 Å². The van der Waals surface area contributed by atoms with E-state index in [0.717, 1.165) is 0 Å². The summed E-state index contributed by atoms with van der Waals surface area (Å²) in [6, 6.07) is 1.68. The number of amides is 1. The van der Waals surface area contributed by atoms with Crippen LogP contribution in [0, 0.1) is 0 Å². The van der Waals surface area contributed by atoms with Crippen LogP contribution in [0.3, 0.4) is 0 Å². The Kier molecular flexibility index (Phi) is 3.71. The first-order valence-corrected chi connectivity index (χ1v) is 5.15. The lowest BCUT2D eigenvalue weighted by Crippen LogP contribution is -2.37. The fourth-order valence-electron chi connectivity index (χ4n) is 0.804. The number of carbonyl (C=O) groups excluding carboxylic acids is 1. The summed E-state index contributed by atoms with van der Waals surface area (Å²) in [6.45, 7) is 2.27. The van der Waals surface area contributed by atoms with E-state index in [0.29, 0.717) is 16.4 Å². The second-order valence-electron chi connectivity index (χ2n) is 2.71. The molecule has 0 aliphatic carbocycles. The SMILES string of the molecule is C[C@H](CN)NC(=O)c1sccc1Cl. The summed E-state index contributed by atoms with van der Waals surface area (Å²) in [5, 5.41) is 5.01. The van der Waals surface area contributed by atoms with Crippen LogP contribution in [0.4, 0.5) is 0 Å². The highest BCUT2D eigenvalue weighted by molar-refractivity contribution is 7.12. The highest BCUT2D eigenvalue weighted by atomic mass is 35.5. The van der Waals surface area contributed by atoms with Gasteiger partial charge in [-0.05, 0) is 18.4 Å². The van der Waals surface area contributed by atoms with Crippen LogP contribution in [-0.4, -0.2) is 18.5 Å². The van der Waals surface area contributed by atoms with E-state index in [9.17, 15) is 4.79 Å². The van der Waals surface area contributed by atoms with Crippen LogP contribution in [0.5, 0.6) is 0 Å². The van der Waals surface area contributed by atoms with E-state index in [2.05, 4.69) is 5.32 Å². The monoisotopic (exact) mass is 218 g/mol. The average molecular weight is 219 g/mol. The van der Waals surface area contributed by atoms with E-state index >= 15 is 0 Å². The summed E-state index contributed by atoms with van der Waals surface area (Å²) in [5.41, 5.74) is 5.37. The maximum absolute atomic E-state index is 11.5. The van der Waals surface area contributed by atoms with Gasteiger partial charge in [-0.3, -0.25) is 4.79 Å². The Balaban J connectivity index is 2.64. The highest BCUT2D eigenvalue weighted by Crippen LogP contribution is 2.21. The first kappa shape index (κ1) is 10.5. The van der Waals surface area contributed by atoms with Gasteiger partial charge < -0.3 is 11.1 Å². The van der Waals surface area contributed by atoms with Crippen LogP contribution in [0.25, 0.3) is 0 Å². The maximum atomic E-state index is 11.5. The van der Waals surface area contributed by atoms with Gasteiger partial charge in [-0.25, -0.2) is 0 Å². The van der Waals surface area contributed by atoms with Gasteiger partial charge in [0.2, 0.25) is 0 Å². The quantitative estimate of drug-likeness (QED) is 0.808. The third kappa shape index (κ3) is 2.69. The third-order valence-electron chi connectivity index (χ3n) is 1.55. The molecule has 0 fully saturated rings. The largest absolute Gasteiger partial charge is 0.348 e. The Morgan fingerprint density at radius 1 is 1.85 bits per heavy atom. The Morgan fingerprint density at radius 3 is 3.00 bits per heavy atom. The highest BCUT2D eigenvalue weighted by Gasteiger charge is 2.12. The van der Waals surface area contributed by atoms with Crippen molar-refractivity contribution in [3.8, 4) is 0 Å². The Morgan fingerprint density at radius 2 is 2.54 bits per heavy atom. The van der Waals surface area contributed by atoms with E-state index in [1.807, 2.05) is 6.92 Å². The van der Waals surface area contributed by atoms with Crippen molar-refractivity contribution in [3.05, 3.63) is 21.3 Å². The standard InChI is InChI=1S/C8H11ClN2OS/c1-5(4-10)11-8(12)7-6(9)2-3-13-7/h2-3,5H,4,10H2,1H3,(H,11,12)/t5-/m1/s1. The third-order valence-corrected chi connectivity index (χ3v) is 2.89. The normalized spacial score (nSPS) is 12.5. The molecule has 0 radical (unpaired) electrons. The minimum Gasteiger partial charge on any atom is -0.348 e. The molecule has 0 aliphatic rings. The molecule has 5 heteroatoms. The lowest BCUT2D eigenvalue weighted by atomic mass is 10.3. The summed E-state index contributed by atoms with van der Waals surface area (Å²) >= 11 is 7.10. The summed E-state index contributed by atoms with van der Waals surface area (Å²) in [5.74, 6) is -0.155. The lowest BCUT2D eigenvalue weighted by molar-refractivity contribution is 0.0945. The minimum absolute atomic E-state index is 0.0225. The molecule has 1 amide bonds. The molecule has 13 heavy (non-hydrogen) atoms. The summed E-state index contributed by atoms with van der Waals surface area (Å²) < 4.78 is 0. The molecule has 0 unspecified atom stereocenters. The van der Waals surface area contributed by atoms with Crippen molar-refractivity contribution >= 4 is 28.8 Å². The van der Waals surface area contributed by atoms with Gasteiger partial charge in [0.05, 0.1) is 5.02 Å². The van der Waals surface area contributed by atoms with Crippen LogP contribution in [0.2, 0.25) is 5.02 Å². The van der Waals surface area contributed by atoms with Gasteiger partial charge in [0, 0.05) is 12.6 Å². The van der Waals surface area contributed by atoms with Crippen molar-refractivity contribution < 1.29 is 4.79 Å². The fourth-order valence-corrected chi connectivity index (χ4v) is 1.85. The van der Waals surface area contributed by atoms with E-state index in [1.54, 1.807) is 11.4 Å². The molecule has 3 nitrogen and oxygen atoms in total. The van der Waals surface area contributed by atoms with Crippen molar-refractivity contribution in [2.24, 2.45) is 5.73 Å². The molecule has 0 saturated heterocycles. The van der Waals surface area contributed by atoms with E-state index < -0.39 is 0 Å². The molecule has 72 valence electrons. The Bertz CT molecular complexity index is 300. The van der Waals surface area contributed by atoms with Crippen LogP contribution < -0.4 is 11.1 Å². The topological polar surface area (TPSA) is 55.1 Å². The van der Waals surface area contributed by atoms with Crippen molar-refractivity contribution in [1.82, 2.24) is 5.32 Å². The van der Waals surface area contributed by atoms with Crippen LogP contribution >= 0.6 is 22.9 Å². The maximum Gasteiger partial charge on any atom is 0.263 e. The smallest absolute Gasteiger partial charge is 0.263 e. The Hall–Kier alpha value is -0.580. The molecule has 1 rings (SSSR count). The molecule has 0 spiro atoms. The summed E-state index contributed by atoms with van der Waals surface area (Å²) in [6.07, 6.45) is 0. The molecular formula is C8H11ClN2OS. The molecule has 3 N–H and O–H groups in total. The zero-order valence-corrected chi connectivity index (χ0v) is 8.78. The number of nitrogens with one attached hydrogen (secondary N) is 1. The van der Waals surface area contributed by atoms with Gasteiger partial charge in [0.15, 0.2) is 0 Å². The molecular weight excluding hydrogens is 208 g/mol. The lowest BCUT2D eigenvalue weighted by Gasteiger charge is -2.09. The molecule has 0 saturated carbocycles. The zero-order chi connectivity index (χ0) is 9.84. The van der Waals surface area contributed by atoms with Gasteiger partial charge in [-0.1, -0.05) is 11.6 Å². The van der Waals surface area contributed by atoms with Crippen molar-refractivity contribution in [2.75, 3.05) is 6.54 Å². The van der Waals surface area contributed by atoms with E-state index in [4.69, 9.17) is 17.3 Å². The number of nitrogens with two attached hydrogens (primary N) is 1. The fraction of sp³-hybridized carbons (Fsp3) is 0.375. The minimum atomic E-state index is -0.155. The van der Waals surface area contributed by atoms with Crippen molar-refractivity contribution in [1.29, 1.82) is 0 Å². The molecule has 1 atom stereocenters. The van der Waals surface area contributed by atoms with Gasteiger partial charge in [0.25, 0.3) is 5.91 Å². The second kappa shape index (κ2) is 4.60. The van der Waals surface area contributed by atoms with Crippen molar-refractivity contribution in [2.45, 2.75) is 13.0 Å². The second-order valence-corrected chi connectivity index (χ2v) is 4.03. The molecule has 1 aromatic heterocycles. The first-order valence-electron chi connectivity index (χ1n) is 3.89. The predicted molar refractivity (Wildman–Crippen MR) is 55.3 cm³/mol. The van der Waals surface area contributed by atoms with E-state index in [1.165, 1.54) is 11.3 Å². The van der Waals surface area contributed by atoms with Crippen molar-refractivity contribution in [3.63, 3.8) is 0 Å².